The minimum atomic E-state index is -3.87. The quantitative estimate of drug-likeness (QED) is 0.679. The Morgan fingerprint density at radius 1 is 1.20 bits per heavy atom. The van der Waals surface area contributed by atoms with Crippen molar-refractivity contribution in [2.45, 2.75) is 31.1 Å². The number of anilines is 1. The summed E-state index contributed by atoms with van der Waals surface area (Å²) in [6.45, 7) is 2.39. The van der Waals surface area contributed by atoms with Gasteiger partial charge in [-0.05, 0) is 61.9 Å². The molecule has 0 spiro atoms. The van der Waals surface area contributed by atoms with E-state index in [1.54, 1.807) is 37.3 Å². The van der Waals surface area contributed by atoms with E-state index in [-0.39, 0.29) is 10.8 Å². The van der Waals surface area contributed by atoms with Crippen molar-refractivity contribution in [3.8, 4) is 5.75 Å². The number of carbonyl (C=O) groups is 1. The Balaban J connectivity index is 1.84. The third-order valence-corrected chi connectivity index (χ3v) is 7.23. The van der Waals surface area contributed by atoms with Gasteiger partial charge in [-0.1, -0.05) is 30.4 Å². The number of sulfonamides is 1. The average molecular weight is 429 g/mol. The molecule has 2 aromatic rings. The Bertz CT molecular complexity index is 1050. The van der Waals surface area contributed by atoms with Crippen LogP contribution in [0.2, 0.25) is 0 Å². The summed E-state index contributed by atoms with van der Waals surface area (Å²) in [5.41, 5.74) is 1.53. The molecular formula is C23H28N2O4S. The summed E-state index contributed by atoms with van der Waals surface area (Å²) in [6.07, 6.45) is 7.34. The second-order valence-electron chi connectivity index (χ2n) is 7.48. The summed E-state index contributed by atoms with van der Waals surface area (Å²) in [4.78, 5) is 12.8. The van der Waals surface area contributed by atoms with Crippen molar-refractivity contribution in [1.82, 2.24) is 5.32 Å². The number of methoxy groups -OCH3 is 1. The van der Waals surface area contributed by atoms with Crippen LogP contribution in [0.1, 0.15) is 35.2 Å². The molecule has 0 heterocycles. The van der Waals surface area contributed by atoms with E-state index in [4.69, 9.17) is 4.74 Å². The minimum Gasteiger partial charge on any atom is -0.495 e. The van der Waals surface area contributed by atoms with Gasteiger partial charge >= 0.3 is 0 Å². The first kappa shape index (κ1) is 21.9. The van der Waals surface area contributed by atoms with E-state index in [1.807, 2.05) is 0 Å². The summed E-state index contributed by atoms with van der Waals surface area (Å²) >= 11 is 0. The number of para-hydroxylation sites is 2. The number of hydrogen-bond donors (Lipinski definition) is 1. The third-order valence-electron chi connectivity index (χ3n) is 5.47. The SMILES string of the molecule is COc1ccccc1N(C)S(=O)(=O)c1ccc(C)c(C(=O)NCC2CC=CCC2)c1. The van der Waals surface area contributed by atoms with Gasteiger partial charge in [-0.25, -0.2) is 8.42 Å². The molecule has 0 radical (unpaired) electrons. The van der Waals surface area contributed by atoms with E-state index in [2.05, 4.69) is 17.5 Å². The summed E-state index contributed by atoms with van der Waals surface area (Å²) < 4.78 is 32.9. The number of amides is 1. The van der Waals surface area contributed by atoms with Gasteiger partial charge in [0.25, 0.3) is 15.9 Å². The zero-order valence-corrected chi connectivity index (χ0v) is 18.4. The zero-order valence-electron chi connectivity index (χ0n) is 17.6. The van der Waals surface area contributed by atoms with Gasteiger partial charge in [0.05, 0.1) is 17.7 Å². The second-order valence-corrected chi connectivity index (χ2v) is 9.45. The van der Waals surface area contributed by atoms with Crippen LogP contribution in [-0.4, -0.2) is 35.0 Å². The molecule has 1 amide bonds. The smallest absolute Gasteiger partial charge is 0.264 e. The number of ether oxygens (including phenoxy) is 1. The maximum Gasteiger partial charge on any atom is 0.264 e. The topological polar surface area (TPSA) is 75.7 Å². The van der Waals surface area contributed by atoms with E-state index < -0.39 is 10.0 Å². The highest BCUT2D eigenvalue weighted by molar-refractivity contribution is 7.92. The molecule has 3 rings (SSSR count). The van der Waals surface area contributed by atoms with Crippen molar-refractivity contribution in [3.05, 3.63) is 65.7 Å². The molecule has 1 aliphatic carbocycles. The molecule has 1 N–H and O–H groups in total. The maximum atomic E-state index is 13.2. The van der Waals surface area contributed by atoms with Crippen molar-refractivity contribution < 1.29 is 17.9 Å². The predicted molar refractivity (Wildman–Crippen MR) is 119 cm³/mol. The molecular weight excluding hydrogens is 400 g/mol. The molecule has 160 valence electrons. The first-order valence-electron chi connectivity index (χ1n) is 10.0. The number of allylic oxidation sites excluding steroid dienone is 2. The van der Waals surface area contributed by atoms with Crippen LogP contribution in [0.5, 0.6) is 5.75 Å². The van der Waals surface area contributed by atoms with Crippen LogP contribution in [0.3, 0.4) is 0 Å². The van der Waals surface area contributed by atoms with E-state index in [9.17, 15) is 13.2 Å². The summed E-state index contributed by atoms with van der Waals surface area (Å²) in [6, 6.07) is 11.6. The van der Waals surface area contributed by atoms with Crippen LogP contribution in [0.4, 0.5) is 5.69 Å². The number of rotatable bonds is 7. The van der Waals surface area contributed by atoms with Gasteiger partial charge < -0.3 is 10.1 Å². The highest BCUT2D eigenvalue weighted by Gasteiger charge is 2.25. The monoisotopic (exact) mass is 428 g/mol. The molecule has 2 aromatic carbocycles. The Morgan fingerprint density at radius 2 is 1.97 bits per heavy atom. The van der Waals surface area contributed by atoms with Gasteiger partial charge in [0.15, 0.2) is 0 Å². The highest BCUT2D eigenvalue weighted by Crippen LogP contribution is 2.31. The van der Waals surface area contributed by atoms with Crippen LogP contribution in [0.15, 0.2) is 59.5 Å². The summed E-state index contributed by atoms with van der Waals surface area (Å²) in [5.74, 6) is 0.622. The third kappa shape index (κ3) is 4.67. The molecule has 1 aliphatic rings. The minimum absolute atomic E-state index is 0.0623. The second kappa shape index (κ2) is 9.34. The maximum absolute atomic E-state index is 13.2. The van der Waals surface area contributed by atoms with Crippen LogP contribution < -0.4 is 14.4 Å². The molecule has 6 nitrogen and oxygen atoms in total. The van der Waals surface area contributed by atoms with E-state index in [0.717, 1.165) is 24.8 Å². The first-order valence-corrected chi connectivity index (χ1v) is 11.4. The van der Waals surface area contributed by atoms with Crippen LogP contribution in [0.25, 0.3) is 0 Å². The highest BCUT2D eigenvalue weighted by atomic mass is 32.2. The molecule has 30 heavy (non-hydrogen) atoms. The number of nitrogens with one attached hydrogen (secondary N) is 1. The lowest BCUT2D eigenvalue weighted by molar-refractivity contribution is 0.0945. The Morgan fingerprint density at radius 3 is 2.67 bits per heavy atom. The van der Waals surface area contributed by atoms with Crippen LogP contribution in [-0.2, 0) is 10.0 Å². The van der Waals surface area contributed by atoms with Gasteiger partial charge in [-0.2, -0.15) is 0 Å². The summed E-state index contributed by atoms with van der Waals surface area (Å²) in [7, 11) is -0.897. The largest absolute Gasteiger partial charge is 0.495 e. The molecule has 0 saturated heterocycles. The lowest BCUT2D eigenvalue weighted by atomic mass is 9.94. The van der Waals surface area contributed by atoms with Crippen LogP contribution >= 0.6 is 0 Å². The molecule has 1 unspecified atom stereocenters. The number of carbonyl (C=O) groups excluding carboxylic acids is 1. The Hall–Kier alpha value is -2.80. The molecule has 0 aromatic heterocycles. The normalized spacial score (nSPS) is 16.2. The van der Waals surface area contributed by atoms with Gasteiger partial charge in [0.2, 0.25) is 0 Å². The number of nitrogens with zero attached hydrogens (tertiary/aromatic N) is 1. The van der Waals surface area contributed by atoms with Crippen molar-refractivity contribution in [2.75, 3.05) is 25.0 Å². The number of hydrogen-bond acceptors (Lipinski definition) is 4. The number of aryl methyl sites for hydroxylation is 1. The zero-order chi connectivity index (χ0) is 21.7. The molecule has 7 heteroatoms. The Kier molecular flexibility index (Phi) is 6.82. The summed E-state index contributed by atoms with van der Waals surface area (Å²) in [5, 5.41) is 2.97. The van der Waals surface area contributed by atoms with Crippen molar-refractivity contribution in [2.24, 2.45) is 5.92 Å². The average Bonchev–Trinajstić information content (AvgIpc) is 2.77. The molecule has 0 bridgehead atoms. The van der Waals surface area contributed by atoms with E-state index >= 15 is 0 Å². The standard InChI is InChI=1S/C23H28N2O4S/c1-17-13-14-19(15-20(17)23(26)24-16-18-9-5-4-6-10-18)30(27,28)25(2)21-11-7-8-12-22(21)29-3/h4-5,7-8,11-15,18H,6,9-10,16H2,1-3H3,(H,24,26). The van der Waals surface area contributed by atoms with Crippen molar-refractivity contribution in [3.63, 3.8) is 0 Å². The van der Waals surface area contributed by atoms with Crippen molar-refractivity contribution in [1.29, 1.82) is 0 Å². The molecule has 1 atom stereocenters. The van der Waals surface area contributed by atoms with Crippen molar-refractivity contribution >= 4 is 21.6 Å². The lowest BCUT2D eigenvalue weighted by Gasteiger charge is -2.22. The predicted octanol–water partition coefficient (Wildman–Crippen LogP) is 3.91. The number of benzene rings is 2. The molecule has 0 saturated carbocycles. The fraction of sp³-hybridized carbons (Fsp3) is 0.348. The van der Waals surface area contributed by atoms with Crippen LogP contribution in [0, 0.1) is 12.8 Å². The Labute approximate surface area is 178 Å². The van der Waals surface area contributed by atoms with Gasteiger partial charge in [-0.3, -0.25) is 9.10 Å². The lowest BCUT2D eigenvalue weighted by Crippen LogP contribution is -2.31. The van der Waals surface area contributed by atoms with Gasteiger partial charge in [0.1, 0.15) is 5.75 Å². The fourth-order valence-corrected chi connectivity index (χ4v) is 4.79. The van der Waals surface area contributed by atoms with E-state index in [0.29, 0.717) is 29.5 Å². The molecule has 0 aliphatic heterocycles. The van der Waals surface area contributed by atoms with Gasteiger partial charge in [-0.15, -0.1) is 0 Å². The first-order chi connectivity index (χ1) is 14.3. The van der Waals surface area contributed by atoms with E-state index in [1.165, 1.54) is 30.6 Å². The fourth-order valence-electron chi connectivity index (χ4n) is 3.56. The van der Waals surface area contributed by atoms with Gasteiger partial charge in [0, 0.05) is 19.2 Å². The molecule has 0 fully saturated rings.